The van der Waals surface area contributed by atoms with E-state index in [-0.39, 0.29) is 21.7 Å². The third kappa shape index (κ3) is 5.79. The fraction of sp³-hybridized carbons (Fsp3) is 0.235. The molecule has 0 heteroatoms. The lowest BCUT2D eigenvalue weighted by Gasteiger charge is -2.28. The minimum Gasteiger partial charge on any atom is -0.0616 e. The average molecular weight is 877 g/mol. The van der Waals surface area contributed by atoms with Gasteiger partial charge in [0, 0.05) is 0 Å². The Hall–Kier alpha value is -6.76. The van der Waals surface area contributed by atoms with E-state index in [9.17, 15) is 0 Å². The first-order valence-electron chi connectivity index (χ1n) is 24.9. The molecule has 0 atom stereocenters. The van der Waals surface area contributed by atoms with Crippen molar-refractivity contribution in [2.45, 2.75) is 105 Å². The smallest absolute Gasteiger partial charge is 0.000741 e. The summed E-state index contributed by atoms with van der Waals surface area (Å²) in [6.45, 7) is 28.5. The molecule has 12 aromatic rings. The van der Waals surface area contributed by atoms with Crippen LogP contribution in [-0.4, -0.2) is 0 Å². The summed E-state index contributed by atoms with van der Waals surface area (Å²) in [5.74, 6) is 0. The van der Waals surface area contributed by atoms with Crippen LogP contribution in [0.5, 0.6) is 0 Å². The lowest BCUT2D eigenvalue weighted by atomic mass is 9.76. The number of hydrogen-bond donors (Lipinski definition) is 0. The van der Waals surface area contributed by atoms with Gasteiger partial charge >= 0.3 is 0 Å². The maximum Gasteiger partial charge on any atom is -0.000741 e. The van der Waals surface area contributed by atoms with Gasteiger partial charge in [0.25, 0.3) is 0 Å². The Bertz CT molecular complexity index is 3820. The molecule has 332 valence electrons. The predicted molar refractivity (Wildman–Crippen MR) is 299 cm³/mol. The molecule has 1 aliphatic carbocycles. The molecule has 0 unspecified atom stereocenters. The van der Waals surface area contributed by atoms with Gasteiger partial charge in [0.1, 0.15) is 0 Å². The Balaban J connectivity index is 1.27. The van der Waals surface area contributed by atoms with Crippen molar-refractivity contribution in [1.29, 1.82) is 0 Å². The minimum atomic E-state index is -0.0434. The van der Waals surface area contributed by atoms with Crippen molar-refractivity contribution in [1.82, 2.24) is 0 Å². The number of rotatable bonds is 2. The van der Waals surface area contributed by atoms with Crippen LogP contribution < -0.4 is 0 Å². The van der Waals surface area contributed by atoms with Gasteiger partial charge in [-0.05, 0) is 199 Å². The van der Waals surface area contributed by atoms with E-state index >= 15 is 0 Å². The van der Waals surface area contributed by atoms with E-state index in [0.29, 0.717) is 0 Å². The summed E-state index contributed by atoms with van der Waals surface area (Å²) in [4.78, 5) is 0. The minimum absolute atomic E-state index is 0.0434. The van der Waals surface area contributed by atoms with Crippen LogP contribution in [0.25, 0.3) is 131 Å². The third-order valence-electron chi connectivity index (χ3n) is 16.0. The molecule has 0 saturated carbocycles. The second kappa shape index (κ2) is 13.5. The Morgan fingerprint density at radius 2 is 0.618 bits per heavy atom. The first kappa shape index (κ1) is 41.4. The van der Waals surface area contributed by atoms with Crippen molar-refractivity contribution >= 4 is 86.2 Å². The van der Waals surface area contributed by atoms with Gasteiger partial charge in [-0.15, -0.1) is 0 Å². The molecule has 0 aliphatic heterocycles. The molecule has 0 amide bonds. The van der Waals surface area contributed by atoms with Gasteiger partial charge in [0.15, 0.2) is 0 Å². The second-order valence-electron chi connectivity index (χ2n) is 24.6. The van der Waals surface area contributed by atoms with E-state index in [2.05, 4.69) is 229 Å². The van der Waals surface area contributed by atoms with Gasteiger partial charge < -0.3 is 0 Å². The zero-order chi connectivity index (χ0) is 47.1. The lowest BCUT2D eigenvalue weighted by molar-refractivity contribution is 0.568. The third-order valence-corrected chi connectivity index (χ3v) is 16.0. The molecule has 0 fully saturated rings. The molecule has 0 radical (unpaired) electrons. The fourth-order valence-corrected chi connectivity index (χ4v) is 12.2. The van der Waals surface area contributed by atoms with E-state index in [1.165, 1.54) is 153 Å². The van der Waals surface area contributed by atoms with Crippen molar-refractivity contribution in [3.8, 4) is 44.5 Å². The van der Waals surface area contributed by atoms with Crippen LogP contribution in [0, 0.1) is 0 Å². The lowest BCUT2D eigenvalue weighted by Crippen LogP contribution is -2.16. The van der Waals surface area contributed by atoms with Crippen LogP contribution in [0.1, 0.15) is 105 Å². The standard InChI is InChI=1S/C68H60/c1-65(2,3)42-27-40(28-43(33-42)66(4,5)6)59-56-35-54-48-25-23-46-52-31-38-17-13-14-18-39(38)32-53(52)47-24-26-49(62(48)61(46)47)55(54)36-57(56)60(41-29-44(67(7,8)9)34-45(30-41)68(10,11)12)64-51-22-16-20-37-19-15-21-50(58(37)51)63(59)64/h13-36H,1-12H3. The zero-order valence-corrected chi connectivity index (χ0v) is 41.9. The second-order valence-corrected chi connectivity index (χ2v) is 24.6. The van der Waals surface area contributed by atoms with E-state index in [4.69, 9.17) is 0 Å². The van der Waals surface area contributed by atoms with Crippen molar-refractivity contribution in [2.75, 3.05) is 0 Å². The molecule has 68 heavy (non-hydrogen) atoms. The summed E-state index contributed by atoms with van der Waals surface area (Å²) in [7, 11) is 0. The van der Waals surface area contributed by atoms with Gasteiger partial charge in [-0.2, -0.15) is 0 Å². The van der Waals surface area contributed by atoms with Crippen LogP contribution in [0.15, 0.2) is 146 Å². The molecule has 0 nitrogen and oxygen atoms in total. The van der Waals surface area contributed by atoms with Crippen LogP contribution in [0.4, 0.5) is 0 Å². The first-order valence-corrected chi connectivity index (χ1v) is 24.9. The summed E-state index contributed by atoms with van der Waals surface area (Å²) in [5.41, 5.74) is 16.0. The van der Waals surface area contributed by atoms with E-state index in [0.717, 1.165) is 0 Å². The molecule has 0 spiro atoms. The zero-order valence-electron chi connectivity index (χ0n) is 41.9. The molecule has 0 aromatic heterocycles. The summed E-state index contributed by atoms with van der Waals surface area (Å²) in [6.07, 6.45) is 0. The number of benzene rings is 10. The summed E-state index contributed by atoms with van der Waals surface area (Å²) in [5, 5.41) is 21.4. The predicted octanol–water partition coefficient (Wildman–Crippen LogP) is 20.0. The van der Waals surface area contributed by atoms with Crippen LogP contribution in [-0.2, 0) is 21.7 Å². The van der Waals surface area contributed by atoms with Crippen LogP contribution in [0.3, 0.4) is 0 Å². The molecule has 0 heterocycles. The van der Waals surface area contributed by atoms with Gasteiger partial charge in [-0.25, -0.2) is 0 Å². The summed E-state index contributed by atoms with van der Waals surface area (Å²) >= 11 is 0. The number of hydrogen-bond acceptors (Lipinski definition) is 0. The highest BCUT2D eigenvalue weighted by Gasteiger charge is 2.31. The SMILES string of the molecule is CC(C)(C)c1cc(-c2c3cc4c(cc3c(-c3cc(C(C)(C)C)cc(C(C)(C)C)c3)c3c5cccc6cccc(c23)c65)c2ccc3c5c(ccc4c52)-c2cc4ccccc4cc2-3)cc(C(C)(C)C)c1. The van der Waals surface area contributed by atoms with Crippen molar-refractivity contribution in [2.24, 2.45) is 0 Å². The van der Waals surface area contributed by atoms with Crippen LogP contribution in [0.2, 0.25) is 0 Å². The van der Waals surface area contributed by atoms with Crippen LogP contribution >= 0.6 is 0 Å². The van der Waals surface area contributed by atoms with Crippen molar-refractivity contribution in [3.63, 3.8) is 0 Å². The highest BCUT2D eigenvalue weighted by molar-refractivity contribution is 6.43. The normalized spacial score (nSPS) is 13.6. The van der Waals surface area contributed by atoms with E-state index in [1.54, 1.807) is 0 Å². The highest BCUT2D eigenvalue weighted by Crippen LogP contribution is 2.57. The Labute approximate surface area is 401 Å². The first-order chi connectivity index (χ1) is 32.2. The maximum absolute atomic E-state index is 2.62. The van der Waals surface area contributed by atoms with E-state index in [1.807, 2.05) is 0 Å². The molecule has 0 saturated heterocycles. The monoisotopic (exact) mass is 876 g/mol. The average Bonchev–Trinajstić information content (AvgIpc) is 3.91. The van der Waals surface area contributed by atoms with Gasteiger partial charge in [-0.1, -0.05) is 204 Å². The molecule has 12 aromatic carbocycles. The summed E-state index contributed by atoms with van der Waals surface area (Å²) in [6, 6.07) is 57.8. The topological polar surface area (TPSA) is 0 Å². The Morgan fingerprint density at radius 1 is 0.235 bits per heavy atom. The molecule has 13 rings (SSSR count). The van der Waals surface area contributed by atoms with Gasteiger partial charge in [0.05, 0.1) is 0 Å². The quantitative estimate of drug-likeness (QED) is 0.162. The molecular formula is C68H60. The molecular weight excluding hydrogens is 817 g/mol. The summed E-state index contributed by atoms with van der Waals surface area (Å²) < 4.78 is 0. The molecule has 0 bridgehead atoms. The Morgan fingerprint density at radius 3 is 1.00 bits per heavy atom. The molecule has 0 N–H and O–H groups in total. The number of fused-ring (bicyclic) bond motifs is 11. The Kier molecular flexibility index (Phi) is 8.21. The fourth-order valence-electron chi connectivity index (χ4n) is 12.2. The van der Waals surface area contributed by atoms with Gasteiger partial charge in [-0.3, -0.25) is 0 Å². The highest BCUT2D eigenvalue weighted by atomic mass is 14.3. The largest absolute Gasteiger partial charge is 0.0616 e. The van der Waals surface area contributed by atoms with Crippen molar-refractivity contribution in [3.05, 3.63) is 168 Å². The maximum atomic E-state index is 2.62. The molecule has 1 aliphatic rings. The van der Waals surface area contributed by atoms with Gasteiger partial charge in [0.2, 0.25) is 0 Å². The van der Waals surface area contributed by atoms with E-state index < -0.39 is 0 Å². The van der Waals surface area contributed by atoms with Crippen molar-refractivity contribution < 1.29 is 0 Å².